The number of hydrogen-bond acceptors (Lipinski definition) is 7. The molecule has 0 bridgehead atoms. The predicted octanol–water partition coefficient (Wildman–Crippen LogP) is 4.13. The van der Waals surface area contributed by atoms with E-state index in [0.717, 1.165) is 69.2 Å². The Morgan fingerprint density at radius 2 is 1.72 bits per heavy atom. The van der Waals surface area contributed by atoms with Gasteiger partial charge in [0.05, 0.1) is 16.7 Å². The number of rotatable bonds is 18. The lowest BCUT2D eigenvalue weighted by molar-refractivity contribution is -0.105. The normalized spacial score (nSPS) is 12.8. The summed E-state index contributed by atoms with van der Waals surface area (Å²) in [5.41, 5.74) is 2.40. The fraction of sp³-hybridized carbons (Fsp3) is 0.552. The number of benzene rings is 2. The highest BCUT2D eigenvalue weighted by Crippen LogP contribution is 2.32. The minimum absolute atomic E-state index is 0.0437. The molecule has 0 aliphatic carbocycles. The molecule has 0 aromatic heterocycles. The maximum Gasteiger partial charge on any atom is 0.238 e. The van der Waals surface area contributed by atoms with Crippen LogP contribution in [0, 0.1) is 0 Å². The van der Waals surface area contributed by atoms with E-state index in [-0.39, 0.29) is 21.7 Å². The number of anilines is 1. The number of ether oxygens (including phenoxy) is 1. The Kier molecular flexibility index (Phi) is 13.4. The minimum Gasteiger partial charge on any atom is -0.506 e. The van der Waals surface area contributed by atoms with E-state index in [1.807, 2.05) is 26.8 Å². The van der Waals surface area contributed by atoms with Gasteiger partial charge in [-0.25, -0.2) is 13.6 Å². The number of aliphatic hydroxyl groups is 1. The number of carbonyl (C=O) groups is 1. The maximum absolute atomic E-state index is 12.1. The summed E-state index contributed by atoms with van der Waals surface area (Å²) in [7, 11) is -3.77. The molecule has 0 saturated heterocycles. The van der Waals surface area contributed by atoms with Gasteiger partial charge in [-0.15, -0.1) is 0 Å². The van der Waals surface area contributed by atoms with E-state index in [9.17, 15) is 23.4 Å². The molecule has 0 aliphatic rings. The zero-order valence-electron chi connectivity index (χ0n) is 23.4. The second-order valence-electron chi connectivity index (χ2n) is 10.8. The molecule has 2 aromatic carbocycles. The number of nitrogens with two attached hydrogens (primary N) is 1. The van der Waals surface area contributed by atoms with Crippen molar-refractivity contribution in [1.29, 1.82) is 0 Å². The first-order chi connectivity index (χ1) is 18.4. The molecule has 39 heavy (non-hydrogen) atoms. The summed E-state index contributed by atoms with van der Waals surface area (Å²) in [6.07, 6.45) is 6.47. The van der Waals surface area contributed by atoms with Crippen LogP contribution in [0.5, 0.6) is 5.75 Å². The summed E-state index contributed by atoms with van der Waals surface area (Å²) < 4.78 is 29.9. The van der Waals surface area contributed by atoms with Gasteiger partial charge < -0.3 is 25.6 Å². The van der Waals surface area contributed by atoms with Crippen LogP contribution in [0.3, 0.4) is 0 Å². The average Bonchev–Trinajstić information content (AvgIpc) is 2.86. The largest absolute Gasteiger partial charge is 0.506 e. The van der Waals surface area contributed by atoms with E-state index < -0.39 is 16.1 Å². The van der Waals surface area contributed by atoms with Gasteiger partial charge in [-0.05, 0) is 79.0 Å². The van der Waals surface area contributed by atoms with Gasteiger partial charge >= 0.3 is 0 Å². The Hall–Kier alpha value is -2.50. The molecule has 0 heterocycles. The molecule has 2 rings (SSSR count). The second kappa shape index (κ2) is 15.9. The van der Waals surface area contributed by atoms with Crippen LogP contribution in [0.1, 0.15) is 82.1 Å². The third kappa shape index (κ3) is 11.3. The first kappa shape index (κ1) is 32.7. The third-order valence-corrected chi connectivity index (χ3v) is 7.46. The molecule has 0 radical (unpaired) electrons. The topological polar surface area (TPSA) is 151 Å². The molecule has 0 spiro atoms. The molecule has 0 saturated carbocycles. The van der Waals surface area contributed by atoms with E-state index in [1.54, 1.807) is 24.3 Å². The van der Waals surface area contributed by atoms with Crippen molar-refractivity contribution in [2.24, 2.45) is 5.14 Å². The Balaban J connectivity index is 1.55. The molecule has 1 amide bonds. The van der Waals surface area contributed by atoms with E-state index in [4.69, 9.17) is 9.88 Å². The number of aromatic hydroxyl groups is 1. The number of aryl methyl sites for hydroxylation is 1. The monoisotopic (exact) mass is 563 g/mol. The first-order valence-corrected chi connectivity index (χ1v) is 15.1. The lowest BCUT2D eigenvalue weighted by atomic mass is 9.82. The first-order valence-electron chi connectivity index (χ1n) is 13.6. The quantitative estimate of drug-likeness (QED) is 0.104. The predicted molar refractivity (Wildman–Crippen MR) is 154 cm³/mol. The standard InChI is InChI=1S/C29H45N3O6S/c1-29(2,3)28-22(12-10-13-27(28)39(30,36)37)11-6-9-18-38-17-8-5-4-7-16-31-20-26(35)23-14-15-25(34)24(19-23)32-21-33/h10,12-15,19,21,26,31,34-35H,4-9,11,16-18,20H2,1-3H3,(H,32,33)(H2,30,36,37)/t26-/m0/s1. The molecule has 218 valence electrons. The molecular weight excluding hydrogens is 518 g/mol. The number of primary sulfonamides is 1. The smallest absolute Gasteiger partial charge is 0.238 e. The summed E-state index contributed by atoms with van der Waals surface area (Å²) in [6, 6.07) is 9.98. The highest BCUT2D eigenvalue weighted by Gasteiger charge is 2.26. The number of unbranched alkanes of at least 4 members (excludes halogenated alkanes) is 4. The van der Waals surface area contributed by atoms with E-state index in [1.165, 1.54) is 6.07 Å². The summed E-state index contributed by atoms with van der Waals surface area (Å²) in [5.74, 6) is -0.0437. The number of phenolic OH excluding ortho intramolecular Hbond substituents is 1. The Morgan fingerprint density at radius 3 is 2.38 bits per heavy atom. The van der Waals surface area contributed by atoms with Gasteiger partial charge in [0.15, 0.2) is 0 Å². The van der Waals surface area contributed by atoms with Crippen molar-refractivity contribution in [1.82, 2.24) is 5.32 Å². The van der Waals surface area contributed by atoms with Crippen molar-refractivity contribution in [3.8, 4) is 5.75 Å². The zero-order chi connectivity index (χ0) is 28.9. The number of carbonyl (C=O) groups excluding carboxylic acids is 1. The number of nitrogens with one attached hydrogen (secondary N) is 2. The Labute approximate surface area is 233 Å². The number of aliphatic hydroxyl groups excluding tert-OH is 1. The fourth-order valence-electron chi connectivity index (χ4n) is 4.60. The lowest BCUT2D eigenvalue weighted by Crippen LogP contribution is -2.23. The summed E-state index contributed by atoms with van der Waals surface area (Å²) in [5, 5.41) is 31.1. The van der Waals surface area contributed by atoms with Crippen LogP contribution in [-0.2, 0) is 31.4 Å². The highest BCUT2D eigenvalue weighted by atomic mass is 32.2. The van der Waals surface area contributed by atoms with Gasteiger partial charge in [-0.3, -0.25) is 4.79 Å². The number of hydrogen-bond donors (Lipinski definition) is 5. The van der Waals surface area contributed by atoms with Crippen molar-refractivity contribution in [3.05, 3.63) is 53.1 Å². The van der Waals surface area contributed by atoms with Gasteiger partial charge in [0.1, 0.15) is 5.75 Å². The van der Waals surface area contributed by atoms with Crippen molar-refractivity contribution in [3.63, 3.8) is 0 Å². The van der Waals surface area contributed by atoms with Crippen LogP contribution < -0.4 is 15.8 Å². The third-order valence-electron chi connectivity index (χ3n) is 6.50. The summed E-state index contributed by atoms with van der Waals surface area (Å²) in [6.45, 7) is 8.60. The van der Waals surface area contributed by atoms with Crippen LogP contribution >= 0.6 is 0 Å². The number of phenols is 1. The molecule has 2 aromatic rings. The van der Waals surface area contributed by atoms with Gasteiger partial charge in [0.2, 0.25) is 16.4 Å². The number of sulfonamides is 1. The molecular formula is C29H45N3O6S. The van der Waals surface area contributed by atoms with E-state index >= 15 is 0 Å². The van der Waals surface area contributed by atoms with Crippen molar-refractivity contribution < 1.29 is 28.2 Å². The molecule has 0 fully saturated rings. The van der Waals surface area contributed by atoms with E-state index in [0.29, 0.717) is 25.1 Å². The van der Waals surface area contributed by atoms with Crippen molar-refractivity contribution >= 4 is 22.1 Å². The van der Waals surface area contributed by atoms with Crippen molar-refractivity contribution in [2.45, 2.75) is 82.1 Å². The van der Waals surface area contributed by atoms with Crippen LogP contribution in [0.2, 0.25) is 0 Å². The second-order valence-corrected chi connectivity index (χ2v) is 12.4. The Morgan fingerprint density at radius 1 is 1.03 bits per heavy atom. The summed E-state index contributed by atoms with van der Waals surface area (Å²) in [4.78, 5) is 10.8. The molecule has 10 heteroatoms. The minimum atomic E-state index is -3.77. The van der Waals surface area contributed by atoms with Gasteiger partial charge in [0.25, 0.3) is 0 Å². The van der Waals surface area contributed by atoms with Crippen molar-refractivity contribution in [2.75, 3.05) is 31.6 Å². The molecule has 1 atom stereocenters. The van der Waals surface area contributed by atoms with Crippen LogP contribution in [0.25, 0.3) is 0 Å². The zero-order valence-corrected chi connectivity index (χ0v) is 24.2. The van der Waals surface area contributed by atoms with Gasteiger partial charge in [-0.2, -0.15) is 0 Å². The molecule has 6 N–H and O–H groups in total. The van der Waals surface area contributed by atoms with Gasteiger partial charge in [0, 0.05) is 19.8 Å². The summed E-state index contributed by atoms with van der Waals surface area (Å²) >= 11 is 0. The fourth-order valence-corrected chi connectivity index (χ4v) is 5.59. The van der Waals surface area contributed by atoms with E-state index in [2.05, 4.69) is 10.6 Å². The van der Waals surface area contributed by atoms with Crippen LogP contribution in [-0.4, -0.2) is 51.3 Å². The maximum atomic E-state index is 12.1. The SMILES string of the molecule is CC(C)(C)c1c(CCCCOCCCCCCNC[C@H](O)c2ccc(O)c(NC=O)c2)cccc1S(N)(=O)=O. The van der Waals surface area contributed by atoms with Gasteiger partial charge in [-0.1, -0.05) is 51.8 Å². The number of amides is 1. The highest BCUT2D eigenvalue weighted by molar-refractivity contribution is 7.89. The van der Waals surface area contributed by atoms with Crippen LogP contribution in [0.4, 0.5) is 5.69 Å². The Bertz CT molecular complexity index is 1150. The molecule has 0 aliphatic heterocycles. The molecule has 0 unspecified atom stereocenters. The average molecular weight is 564 g/mol. The lowest BCUT2D eigenvalue weighted by Gasteiger charge is -2.25. The molecule has 9 nitrogen and oxygen atoms in total. The van der Waals surface area contributed by atoms with Crippen LogP contribution in [0.15, 0.2) is 41.3 Å².